The van der Waals surface area contributed by atoms with Crippen LogP contribution in [0.5, 0.6) is 0 Å². The van der Waals surface area contributed by atoms with E-state index in [2.05, 4.69) is 35.8 Å². The largest absolute Gasteiger partial charge is 0.378 e. The van der Waals surface area contributed by atoms with E-state index in [-0.39, 0.29) is 11.8 Å². The summed E-state index contributed by atoms with van der Waals surface area (Å²) >= 11 is 1.45. The monoisotopic (exact) mass is 529 g/mol. The number of benzene rings is 1. The van der Waals surface area contributed by atoms with Crippen molar-refractivity contribution in [1.82, 2.24) is 15.0 Å². The van der Waals surface area contributed by atoms with Gasteiger partial charge in [-0.05, 0) is 49.6 Å². The van der Waals surface area contributed by atoms with Crippen LogP contribution < -0.4 is 20.9 Å². The molecule has 194 valence electrons. The van der Waals surface area contributed by atoms with E-state index in [1.165, 1.54) is 17.7 Å². The number of morpholine rings is 1. The molecule has 0 bridgehead atoms. The third-order valence-electron chi connectivity index (χ3n) is 6.61. The minimum atomic E-state index is -0.286. The Balaban J connectivity index is 1.15. The SMILES string of the molecule is Cc1ccc(C(=O)Nc2ccc(N3CCOCC3)nc2)cc1NC(=O)c1csc2c(NC3CC3)ncnc12. The van der Waals surface area contributed by atoms with Crippen LogP contribution in [0.3, 0.4) is 0 Å². The maximum absolute atomic E-state index is 13.2. The fourth-order valence-electron chi connectivity index (χ4n) is 4.27. The van der Waals surface area contributed by atoms with E-state index in [0.29, 0.717) is 47.3 Å². The molecule has 1 aliphatic heterocycles. The topological polar surface area (TPSA) is 121 Å². The summed E-state index contributed by atoms with van der Waals surface area (Å²) in [6.07, 6.45) is 5.39. The quantitative estimate of drug-likeness (QED) is 0.324. The Morgan fingerprint density at radius 2 is 1.87 bits per heavy atom. The van der Waals surface area contributed by atoms with Crippen LogP contribution in [-0.2, 0) is 4.74 Å². The van der Waals surface area contributed by atoms with Gasteiger partial charge in [-0.3, -0.25) is 9.59 Å². The van der Waals surface area contributed by atoms with E-state index in [9.17, 15) is 9.59 Å². The first-order valence-corrected chi connectivity index (χ1v) is 13.4. The lowest BCUT2D eigenvalue weighted by Crippen LogP contribution is -2.36. The zero-order chi connectivity index (χ0) is 26.1. The number of amides is 2. The van der Waals surface area contributed by atoms with Gasteiger partial charge in [0.15, 0.2) is 0 Å². The normalized spacial score (nSPS) is 15.3. The summed E-state index contributed by atoms with van der Waals surface area (Å²) in [4.78, 5) is 41.5. The molecule has 6 rings (SSSR count). The van der Waals surface area contributed by atoms with Crippen molar-refractivity contribution in [2.45, 2.75) is 25.8 Å². The zero-order valence-corrected chi connectivity index (χ0v) is 21.7. The number of carbonyl (C=O) groups is 2. The maximum atomic E-state index is 13.2. The maximum Gasteiger partial charge on any atom is 0.258 e. The molecule has 2 aliphatic rings. The first-order chi connectivity index (χ1) is 18.5. The second kappa shape index (κ2) is 10.3. The summed E-state index contributed by atoms with van der Waals surface area (Å²) < 4.78 is 6.25. The number of nitrogens with zero attached hydrogens (tertiary/aromatic N) is 4. The molecular formula is C27H27N7O3S. The van der Waals surface area contributed by atoms with Crippen molar-refractivity contribution >= 4 is 56.4 Å². The molecule has 10 nitrogen and oxygen atoms in total. The zero-order valence-electron chi connectivity index (χ0n) is 20.9. The molecule has 0 atom stereocenters. The van der Waals surface area contributed by atoms with Crippen molar-refractivity contribution in [2.24, 2.45) is 0 Å². The number of hydrogen-bond acceptors (Lipinski definition) is 9. The lowest BCUT2D eigenvalue weighted by atomic mass is 10.1. The van der Waals surface area contributed by atoms with E-state index in [4.69, 9.17) is 4.74 Å². The number of ether oxygens (including phenoxy) is 1. The Morgan fingerprint density at radius 3 is 2.63 bits per heavy atom. The number of pyridine rings is 1. The number of anilines is 4. The van der Waals surface area contributed by atoms with Crippen LogP contribution >= 0.6 is 11.3 Å². The van der Waals surface area contributed by atoms with Gasteiger partial charge >= 0.3 is 0 Å². The Kier molecular flexibility index (Phi) is 6.61. The van der Waals surface area contributed by atoms with Gasteiger partial charge in [-0.2, -0.15) is 0 Å². The summed E-state index contributed by atoms with van der Waals surface area (Å²) in [5.41, 5.74) is 3.52. The van der Waals surface area contributed by atoms with Crippen LogP contribution in [0.15, 0.2) is 48.2 Å². The van der Waals surface area contributed by atoms with Gasteiger partial charge in [-0.15, -0.1) is 11.3 Å². The predicted octanol–water partition coefficient (Wildman–Crippen LogP) is 4.31. The smallest absolute Gasteiger partial charge is 0.258 e. The van der Waals surface area contributed by atoms with Gasteiger partial charge in [0.2, 0.25) is 0 Å². The van der Waals surface area contributed by atoms with E-state index < -0.39 is 0 Å². The minimum absolute atomic E-state index is 0.282. The number of carbonyl (C=O) groups excluding carboxylic acids is 2. The average Bonchev–Trinajstić information content (AvgIpc) is 3.65. The molecule has 3 aromatic heterocycles. The summed E-state index contributed by atoms with van der Waals surface area (Å²) in [5.74, 6) is 1.05. The Labute approximate surface area is 223 Å². The highest BCUT2D eigenvalue weighted by Crippen LogP contribution is 2.33. The number of fused-ring (bicyclic) bond motifs is 1. The second-order valence-electron chi connectivity index (χ2n) is 9.41. The molecular weight excluding hydrogens is 502 g/mol. The van der Waals surface area contributed by atoms with Gasteiger partial charge in [-0.1, -0.05) is 6.07 Å². The molecule has 3 N–H and O–H groups in total. The van der Waals surface area contributed by atoms with Crippen molar-refractivity contribution in [3.63, 3.8) is 0 Å². The Hall–Kier alpha value is -4.09. The van der Waals surface area contributed by atoms with Gasteiger partial charge in [-0.25, -0.2) is 15.0 Å². The molecule has 1 aromatic carbocycles. The first kappa shape index (κ1) is 24.3. The molecule has 38 heavy (non-hydrogen) atoms. The number of nitrogens with one attached hydrogen (secondary N) is 3. The summed E-state index contributed by atoms with van der Waals surface area (Å²) in [7, 11) is 0. The van der Waals surface area contributed by atoms with E-state index >= 15 is 0 Å². The minimum Gasteiger partial charge on any atom is -0.378 e. The molecule has 2 fully saturated rings. The summed E-state index contributed by atoms with van der Waals surface area (Å²) in [6, 6.07) is 9.41. The van der Waals surface area contributed by atoms with E-state index in [1.54, 1.807) is 23.7 Å². The molecule has 4 aromatic rings. The van der Waals surface area contributed by atoms with Crippen LogP contribution in [0.1, 0.15) is 39.1 Å². The molecule has 4 heterocycles. The van der Waals surface area contributed by atoms with Gasteiger partial charge in [0.25, 0.3) is 11.8 Å². The molecule has 0 unspecified atom stereocenters. The van der Waals surface area contributed by atoms with E-state index in [1.807, 2.05) is 25.1 Å². The van der Waals surface area contributed by atoms with Crippen molar-refractivity contribution in [3.8, 4) is 0 Å². The second-order valence-corrected chi connectivity index (χ2v) is 10.3. The standard InChI is InChI=1S/C27H27N7O3S/c1-16-2-3-17(26(35)32-19-6-7-22(28-13-19)34-8-10-37-11-9-34)12-21(16)33-27(36)20-14-38-24-23(20)29-15-30-25(24)31-18-4-5-18/h2-3,6-7,12-15,18H,4-5,8-11H2,1H3,(H,32,35)(H,33,36)(H,29,30,31). The highest BCUT2D eigenvalue weighted by atomic mass is 32.1. The van der Waals surface area contributed by atoms with Crippen LogP contribution in [0.4, 0.5) is 23.0 Å². The van der Waals surface area contributed by atoms with E-state index in [0.717, 1.165) is 47.8 Å². The van der Waals surface area contributed by atoms with Crippen LogP contribution in [0, 0.1) is 6.92 Å². The molecule has 2 amide bonds. The average molecular weight is 530 g/mol. The Morgan fingerprint density at radius 1 is 1.03 bits per heavy atom. The summed E-state index contributed by atoms with van der Waals surface area (Å²) in [6.45, 7) is 4.84. The van der Waals surface area contributed by atoms with Crippen LogP contribution in [-0.4, -0.2) is 59.1 Å². The number of hydrogen-bond donors (Lipinski definition) is 3. The Bertz CT molecular complexity index is 1490. The molecule has 1 saturated carbocycles. The van der Waals surface area contributed by atoms with Crippen LogP contribution in [0.25, 0.3) is 10.2 Å². The molecule has 0 radical (unpaired) electrons. The predicted molar refractivity (Wildman–Crippen MR) is 148 cm³/mol. The van der Waals surface area contributed by atoms with Gasteiger partial charge in [0, 0.05) is 35.8 Å². The highest BCUT2D eigenvalue weighted by Gasteiger charge is 2.24. The van der Waals surface area contributed by atoms with Crippen LogP contribution in [0.2, 0.25) is 0 Å². The van der Waals surface area contributed by atoms with Crippen molar-refractivity contribution in [1.29, 1.82) is 0 Å². The lowest BCUT2D eigenvalue weighted by Gasteiger charge is -2.27. The number of thiophene rings is 1. The van der Waals surface area contributed by atoms with Gasteiger partial charge < -0.3 is 25.6 Å². The first-order valence-electron chi connectivity index (χ1n) is 12.6. The number of rotatable bonds is 7. The third kappa shape index (κ3) is 5.15. The number of aromatic nitrogens is 3. The van der Waals surface area contributed by atoms with Crippen molar-refractivity contribution in [3.05, 3.63) is 64.9 Å². The highest BCUT2D eigenvalue weighted by molar-refractivity contribution is 7.18. The fourth-order valence-corrected chi connectivity index (χ4v) is 5.22. The molecule has 1 aliphatic carbocycles. The molecule has 11 heteroatoms. The van der Waals surface area contributed by atoms with Crippen molar-refractivity contribution < 1.29 is 14.3 Å². The fraction of sp³-hybridized carbons (Fsp3) is 0.296. The van der Waals surface area contributed by atoms with Gasteiger partial charge in [0.1, 0.15) is 18.0 Å². The number of aryl methyl sites for hydroxylation is 1. The molecule has 0 spiro atoms. The summed E-state index contributed by atoms with van der Waals surface area (Å²) in [5, 5.41) is 11.0. The van der Waals surface area contributed by atoms with Gasteiger partial charge in [0.05, 0.1) is 40.9 Å². The van der Waals surface area contributed by atoms with Crippen molar-refractivity contribution in [2.75, 3.05) is 47.2 Å². The molecule has 1 saturated heterocycles. The lowest BCUT2D eigenvalue weighted by molar-refractivity contribution is 0.101. The third-order valence-corrected chi connectivity index (χ3v) is 7.58.